The number of Topliss-reactive ketones (excluding diaryl/α,β-unsaturated/α-hetero) is 1. The number of para-hydroxylation sites is 1. The lowest BCUT2D eigenvalue weighted by molar-refractivity contribution is 0.0690. The predicted octanol–water partition coefficient (Wildman–Crippen LogP) is 3.04. The van der Waals surface area contributed by atoms with Gasteiger partial charge in [-0.25, -0.2) is 9.78 Å². The van der Waals surface area contributed by atoms with Crippen molar-refractivity contribution in [3.8, 4) is 17.0 Å². The molecule has 1 aromatic heterocycles. The SMILES string of the molecule is O=C(O)c1ccccc1C(=O)COc1ccccc1-c1cnc[nH]1. The summed E-state index contributed by atoms with van der Waals surface area (Å²) in [6, 6.07) is 13.3. The Hall–Kier alpha value is -3.41. The van der Waals surface area contributed by atoms with E-state index >= 15 is 0 Å². The van der Waals surface area contributed by atoms with Crippen LogP contribution in [-0.4, -0.2) is 33.4 Å². The summed E-state index contributed by atoms with van der Waals surface area (Å²) in [5.74, 6) is -1.02. The Morgan fingerprint density at radius 2 is 1.75 bits per heavy atom. The summed E-state index contributed by atoms with van der Waals surface area (Å²) in [7, 11) is 0. The molecule has 0 saturated carbocycles. The van der Waals surface area contributed by atoms with Crippen LogP contribution in [-0.2, 0) is 0 Å². The molecule has 0 atom stereocenters. The van der Waals surface area contributed by atoms with E-state index < -0.39 is 11.8 Å². The number of ether oxygens (including phenoxy) is 1. The molecule has 2 aromatic carbocycles. The number of aromatic nitrogens is 2. The van der Waals surface area contributed by atoms with E-state index in [0.29, 0.717) is 5.75 Å². The average Bonchev–Trinajstić information content (AvgIpc) is 3.14. The molecule has 0 radical (unpaired) electrons. The molecule has 6 heteroatoms. The summed E-state index contributed by atoms with van der Waals surface area (Å²) in [6.45, 7) is -0.255. The number of nitrogens with zero attached hydrogens (tertiary/aromatic N) is 1. The van der Waals surface area contributed by atoms with Crippen LogP contribution in [0.3, 0.4) is 0 Å². The normalized spacial score (nSPS) is 10.3. The fraction of sp³-hybridized carbons (Fsp3) is 0.0556. The lowest BCUT2D eigenvalue weighted by Gasteiger charge is -2.10. The molecule has 0 unspecified atom stereocenters. The molecular formula is C18H14N2O4. The van der Waals surface area contributed by atoms with Crippen molar-refractivity contribution in [3.05, 3.63) is 72.2 Å². The van der Waals surface area contributed by atoms with Crippen LogP contribution in [0.15, 0.2) is 61.1 Å². The number of rotatable bonds is 6. The number of H-pyrrole nitrogens is 1. The number of carbonyl (C=O) groups is 2. The maximum atomic E-state index is 12.3. The average molecular weight is 322 g/mol. The summed E-state index contributed by atoms with van der Waals surface area (Å²) in [4.78, 5) is 30.5. The van der Waals surface area contributed by atoms with Gasteiger partial charge in [0.15, 0.2) is 6.61 Å². The topological polar surface area (TPSA) is 92.3 Å². The van der Waals surface area contributed by atoms with Crippen molar-refractivity contribution in [1.82, 2.24) is 9.97 Å². The van der Waals surface area contributed by atoms with Gasteiger partial charge in [0.05, 0.1) is 23.8 Å². The van der Waals surface area contributed by atoms with Crippen LogP contribution in [0.1, 0.15) is 20.7 Å². The van der Waals surface area contributed by atoms with Gasteiger partial charge in [-0.3, -0.25) is 4.79 Å². The Kier molecular flexibility index (Phi) is 4.38. The number of nitrogens with one attached hydrogen (secondary N) is 1. The van der Waals surface area contributed by atoms with E-state index in [1.54, 1.807) is 36.8 Å². The lowest BCUT2D eigenvalue weighted by atomic mass is 10.0. The summed E-state index contributed by atoms with van der Waals surface area (Å²) in [5.41, 5.74) is 1.63. The third-order valence-corrected chi connectivity index (χ3v) is 3.49. The highest BCUT2D eigenvalue weighted by Gasteiger charge is 2.17. The number of hydrogen-bond acceptors (Lipinski definition) is 4. The van der Waals surface area contributed by atoms with Crippen LogP contribution < -0.4 is 4.74 Å². The first-order valence-corrected chi connectivity index (χ1v) is 7.23. The molecular weight excluding hydrogens is 308 g/mol. The van der Waals surface area contributed by atoms with E-state index in [2.05, 4.69) is 9.97 Å². The van der Waals surface area contributed by atoms with Gasteiger partial charge in [0, 0.05) is 11.1 Å². The Balaban J connectivity index is 1.80. The number of aromatic carboxylic acids is 1. The molecule has 2 N–H and O–H groups in total. The lowest BCUT2D eigenvalue weighted by Crippen LogP contribution is -2.16. The number of imidazole rings is 1. The van der Waals surface area contributed by atoms with E-state index in [0.717, 1.165) is 11.3 Å². The van der Waals surface area contributed by atoms with Gasteiger partial charge in [0.2, 0.25) is 5.78 Å². The van der Waals surface area contributed by atoms with Crippen LogP contribution in [0.5, 0.6) is 5.75 Å². The largest absolute Gasteiger partial charge is 0.485 e. The second-order valence-corrected chi connectivity index (χ2v) is 5.02. The zero-order chi connectivity index (χ0) is 16.9. The van der Waals surface area contributed by atoms with E-state index in [1.165, 1.54) is 12.1 Å². The minimum atomic E-state index is -1.14. The molecule has 0 aliphatic rings. The van der Waals surface area contributed by atoms with Gasteiger partial charge < -0.3 is 14.8 Å². The van der Waals surface area contributed by atoms with Crippen molar-refractivity contribution < 1.29 is 19.4 Å². The number of benzene rings is 2. The fourth-order valence-electron chi connectivity index (χ4n) is 2.35. The molecule has 1 heterocycles. The van der Waals surface area contributed by atoms with E-state index in [4.69, 9.17) is 9.84 Å². The molecule has 0 bridgehead atoms. The van der Waals surface area contributed by atoms with Crippen molar-refractivity contribution in [3.63, 3.8) is 0 Å². The van der Waals surface area contributed by atoms with E-state index in [9.17, 15) is 9.59 Å². The molecule has 0 saturated heterocycles. The monoisotopic (exact) mass is 322 g/mol. The molecule has 3 aromatic rings. The summed E-state index contributed by atoms with van der Waals surface area (Å²) in [5, 5.41) is 9.16. The Morgan fingerprint density at radius 1 is 1.04 bits per heavy atom. The minimum absolute atomic E-state index is 0.0343. The third kappa shape index (κ3) is 3.17. The van der Waals surface area contributed by atoms with Crippen LogP contribution >= 0.6 is 0 Å². The van der Waals surface area contributed by atoms with Gasteiger partial charge in [0.25, 0.3) is 0 Å². The second kappa shape index (κ2) is 6.78. The number of carbonyl (C=O) groups excluding carboxylic acids is 1. The van der Waals surface area contributed by atoms with Gasteiger partial charge in [-0.15, -0.1) is 0 Å². The van der Waals surface area contributed by atoms with Crippen LogP contribution in [0.25, 0.3) is 11.3 Å². The number of ketones is 1. The zero-order valence-corrected chi connectivity index (χ0v) is 12.6. The Labute approximate surface area is 137 Å². The first kappa shape index (κ1) is 15.5. The minimum Gasteiger partial charge on any atom is -0.485 e. The zero-order valence-electron chi connectivity index (χ0n) is 12.6. The third-order valence-electron chi connectivity index (χ3n) is 3.49. The first-order chi connectivity index (χ1) is 11.7. The molecule has 0 aliphatic carbocycles. The standard InChI is InChI=1S/C18H14N2O4/c21-16(12-5-1-2-6-13(12)18(22)23)10-24-17-8-4-3-7-14(17)15-9-19-11-20-15/h1-9,11H,10H2,(H,19,20)(H,22,23). The number of carboxylic acids is 1. The van der Waals surface area contributed by atoms with Gasteiger partial charge in [-0.05, 0) is 18.2 Å². The Morgan fingerprint density at radius 3 is 2.46 bits per heavy atom. The first-order valence-electron chi connectivity index (χ1n) is 7.23. The van der Waals surface area contributed by atoms with Crippen LogP contribution in [0.2, 0.25) is 0 Å². The van der Waals surface area contributed by atoms with Crippen LogP contribution in [0, 0.1) is 0 Å². The highest BCUT2D eigenvalue weighted by atomic mass is 16.5. The van der Waals surface area contributed by atoms with Crippen molar-refractivity contribution in [2.75, 3.05) is 6.61 Å². The maximum Gasteiger partial charge on any atom is 0.336 e. The van der Waals surface area contributed by atoms with Crippen molar-refractivity contribution >= 4 is 11.8 Å². The fourth-order valence-corrected chi connectivity index (χ4v) is 2.35. The summed E-state index contributed by atoms with van der Waals surface area (Å²) in [6.07, 6.45) is 3.21. The summed E-state index contributed by atoms with van der Waals surface area (Å²) >= 11 is 0. The molecule has 0 spiro atoms. The predicted molar refractivity (Wildman–Crippen MR) is 87.3 cm³/mol. The maximum absolute atomic E-state index is 12.3. The van der Waals surface area contributed by atoms with E-state index in [-0.39, 0.29) is 17.7 Å². The highest BCUT2D eigenvalue weighted by molar-refractivity contribution is 6.06. The van der Waals surface area contributed by atoms with Crippen LogP contribution in [0.4, 0.5) is 0 Å². The Bertz CT molecular complexity index is 872. The molecule has 24 heavy (non-hydrogen) atoms. The number of aromatic amines is 1. The van der Waals surface area contributed by atoms with Crippen molar-refractivity contribution in [2.24, 2.45) is 0 Å². The summed E-state index contributed by atoms with van der Waals surface area (Å²) < 4.78 is 5.62. The van der Waals surface area contributed by atoms with Gasteiger partial charge >= 0.3 is 5.97 Å². The second-order valence-electron chi connectivity index (χ2n) is 5.02. The van der Waals surface area contributed by atoms with Crippen molar-refractivity contribution in [2.45, 2.75) is 0 Å². The molecule has 3 rings (SSSR count). The quantitative estimate of drug-likeness (QED) is 0.681. The highest BCUT2D eigenvalue weighted by Crippen LogP contribution is 2.28. The molecule has 0 amide bonds. The van der Waals surface area contributed by atoms with E-state index in [1.807, 2.05) is 12.1 Å². The van der Waals surface area contributed by atoms with Gasteiger partial charge in [-0.1, -0.05) is 30.3 Å². The smallest absolute Gasteiger partial charge is 0.336 e. The van der Waals surface area contributed by atoms with Gasteiger partial charge in [-0.2, -0.15) is 0 Å². The molecule has 120 valence electrons. The molecule has 0 fully saturated rings. The molecule has 0 aliphatic heterocycles. The molecule has 6 nitrogen and oxygen atoms in total. The number of carboxylic acid groups (broad SMARTS) is 1. The van der Waals surface area contributed by atoms with Gasteiger partial charge in [0.1, 0.15) is 5.75 Å². The number of hydrogen-bond donors (Lipinski definition) is 2. The van der Waals surface area contributed by atoms with Crippen molar-refractivity contribution in [1.29, 1.82) is 0 Å².